The van der Waals surface area contributed by atoms with Crippen LogP contribution in [0.5, 0.6) is 5.75 Å². The average molecular weight is 327 g/mol. The lowest BCUT2D eigenvalue weighted by Gasteiger charge is -2.34. The summed E-state index contributed by atoms with van der Waals surface area (Å²) in [7, 11) is 4.19. The number of nitrogens with zero attached hydrogens (tertiary/aromatic N) is 1. The van der Waals surface area contributed by atoms with Gasteiger partial charge in [0.1, 0.15) is 19.1 Å². The van der Waals surface area contributed by atoms with Gasteiger partial charge in [0.2, 0.25) is 0 Å². The van der Waals surface area contributed by atoms with Crippen LogP contribution in [-0.4, -0.2) is 39.0 Å². The molecule has 1 aliphatic rings. The molecule has 24 heavy (non-hydrogen) atoms. The molecule has 1 heterocycles. The first-order chi connectivity index (χ1) is 11.7. The normalized spacial score (nSPS) is 17.0. The minimum atomic E-state index is 0.241. The first-order valence-electron chi connectivity index (χ1n) is 8.32. The van der Waals surface area contributed by atoms with Crippen LogP contribution < -0.4 is 4.74 Å². The minimum absolute atomic E-state index is 0.241. The molecule has 1 saturated heterocycles. The molecule has 0 aliphatic carbocycles. The number of hydrogen-bond donors (Lipinski definition) is 0. The first kappa shape index (κ1) is 17.0. The van der Waals surface area contributed by atoms with E-state index >= 15 is 0 Å². The van der Waals surface area contributed by atoms with Crippen molar-refractivity contribution in [2.45, 2.75) is 12.6 Å². The van der Waals surface area contributed by atoms with Gasteiger partial charge in [-0.2, -0.15) is 0 Å². The van der Waals surface area contributed by atoms with Crippen LogP contribution in [0.15, 0.2) is 54.6 Å². The predicted octanol–water partition coefficient (Wildman–Crippen LogP) is 3.49. The van der Waals surface area contributed by atoms with Crippen LogP contribution in [0.2, 0.25) is 0 Å². The fraction of sp³-hybridized carbons (Fsp3) is 0.400. The van der Waals surface area contributed by atoms with Crippen molar-refractivity contribution in [2.24, 2.45) is 5.92 Å². The molecule has 4 nitrogen and oxygen atoms in total. The van der Waals surface area contributed by atoms with Crippen molar-refractivity contribution in [1.29, 1.82) is 0 Å². The van der Waals surface area contributed by atoms with Gasteiger partial charge in [-0.15, -0.1) is 0 Å². The number of rotatable bonds is 6. The summed E-state index contributed by atoms with van der Waals surface area (Å²) in [5.41, 5.74) is 2.39. The number of benzene rings is 2. The van der Waals surface area contributed by atoms with Crippen molar-refractivity contribution in [3.63, 3.8) is 0 Å². The van der Waals surface area contributed by atoms with Crippen molar-refractivity contribution < 1.29 is 14.2 Å². The summed E-state index contributed by atoms with van der Waals surface area (Å²) in [4.78, 5) is 2.22. The van der Waals surface area contributed by atoms with Gasteiger partial charge in [0.25, 0.3) is 0 Å². The van der Waals surface area contributed by atoms with Crippen molar-refractivity contribution in [3.05, 3.63) is 65.7 Å². The van der Waals surface area contributed by atoms with Gasteiger partial charge in [-0.1, -0.05) is 42.5 Å². The Morgan fingerprint density at radius 2 is 1.79 bits per heavy atom. The zero-order valence-corrected chi connectivity index (χ0v) is 14.4. The van der Waals surface area contributed by atoms with Crippen LogP contribution in [-0.2, 0) is 16.1 Å². The topological polar surface area (TPSA) is 30.9 Å². The largest absolute Gasteiger partial charge is 0.489 e. The lowest BCUT2D eigenvalue weighted by molar-refractivity contribution is -0.139. The molecule has 0 saturated carbocycles. The van der Waals surface area contributed by atoms with E-state index in [0.29, 0.717) is 19.3 Å². The van der Waals surface area contributed by atoms with E-state index in [1.54, 1.807) is 0 Å². The summed E-state index contributed by atoms with van der Waals surface area (Å²) in [5, 5.41) is 0. The highest BCUT2D eigenvalue weighted by molar-refractivity contribution is 5.31. The van der Waals surface area contributed by atoms with E-state index in [4.69, 9.17) is 14.2 Å². The molecule has 3 rings (SSSR count). The fourth-order valence-corrected chi connectivity index (χ4v) is 3.21. The summed E-state index contributed by atoms with van der Waals surface area (Å²) in [6.45, 7) is 2.42. The van der Waals surface area contributed by atoms with Gasteiger partial charge < -0.3 is 19.1 Å². The predicted molar refractivity (Wildman–Crippen MR) is 93.9 cm³/mol. The van der Waals surface area contributed by atoms with Gasteiger partial charge in [0, 0.05) is 12.0 Å². The molecule has 0 N–H and O–H groups in total. The molecule has 0 aromatic heterocycles. The molecule has 2 aromatic rings. The Hall–Kier alpha value is -1.88. The third-order valence-electron chi connectivity index (χ3n) is 4.28. The SMILES string of the molecule is CN(C)C(c1cccc(OCc2ccccc2)c1)C1COCOC1. The first-order valence-corrected chi connectivity index (χ1v) is 8.32. The fourth-order valence-electron chi connectivity index (χ4n) is 3.21. The Labute approximate surface area is 144 Å². The van der Waals surface area contributed by atoms with Gasteiger partial charge in [-0.05, 0) is 37.4 Å². The van der Waals surface area contributed by atoms with Crippen LogP contribution in [0.25, 0.3) is 0 Å². The van der Waals surface area contributed by atoms with Crippen molar-refractivity contribution in [3.8, 4) is 5.75 Å². The van der Waals surface area contributed by atoms with Crippen LogP contribution in [0.4, 0.5) is 0 Å². The Morgan fingerprint density at radius 1 is 1.04 bits per heavy atom. The van der Waals surface area contributed by atoms with E-state index in [0.717, 1.165) is 19.0 Å². The Kier molecular flexibility index (Phi) is 5.86. The highest BCUT2D eigenvalue weighted by Crippen LogP contribution is 2.31. The number of hydrogen-bond acceptors (Lipinski definition) is 4. The zero-order valence-electron chi connectivity index (χ0n) is 14.4. The maximum atomic E-state index is 5.97. The third kappa shape index (κ3) is 4.35. The lowest BCUT2D eigenvalue weighted by Crippen LogP contribution is -2.36. The lowest BCUT2D eigenvalue weighted by atomic mass is 9.92. The molecule has 0 spiro atoms. The van der Waals surface area contributed by atoms with Crippen molar-refractivity contribution >= 4 is 0 Å². The van der Waals surface area contributed by atoms with E-state index in [1.165, 1.54) is 11.1 Å². The van der Waals surface area contributed by atoms with Crippen LogP contribution in [0, 0.1) is 5.92 Å². The summed E-state index contributed by atoms with van der Waals surface area (Å²) < 4.78 is 16.9. The molecule has 1 atom stereocenters. The van der Waals surface area contributed by atoms with Gasteiger partial charge in [0.05, 0.1) is 13.2 Å². The molecule has 0 bridgehead atoms. The summed E-state index contributed by atoms with van der Waals surface area (Å²) in [6.07, 6.45) is 0. The molecular formula is C20H25NO3. The highest BCUT2D eigenvalue weighted by atomic mass is 16.7. The van der Waals surface area contributed by atoms with Crippen LogP contribution in [0.3, 0.4) is 0 Å². The molecule has 0 amide bonds. The van der Waals surface area contributed by atoms with E-state index < -0.39 is 0 Å². The molecular weight excluding hydrogens is 302 g/mol. The quantitative estimate of drug-likeness (QED) is 0.813. The van der Waals surface area contributed by atoms with Gasteiger partial charge >= 0.3 is 0 Å². The molecule has 0 radical (unpaired) electrons. The third-order valence-corrected chi connectivity index (χ3v) is 4.28. The highest BCUT2D eigenvalue weighted by Gasteiger charge is 2.28. The van der Waals surface area contributed by atoms with Crippen LogP contribution >= 0.6 is 0 Å². The summed E-state index contributed by atoms with van der Waals surface area (Å²) in [6, 6.07) is 18.8. The van der Waals surface area contributed by atoms with E-state index in [-0.39, 0.29) is 6.04 Å². The second-order valence-corrected chi connectivity index (χ2v) is 6.37. The Bertz CT molecular complexity index is 624. The molecule has 1 fully saturated rings. The molecule has 1 aliphatic heterocycles. The summed E-state index contributed by atoms with van der Waals surface area (Å²) in [5.74, 6) is 1.21. The molecule has 128 valence electrons. The minimum Gasteiger partial charge on any atom is -0.489 e. The smallest absolute Gasteiger partial charge is 0.146 e. The van der Waals surface area contributed by atoms with Gasteiger partial charge in [0.15, 0.2) is 0 Å². The second kappa shape index (κ2) is 8.29. The standard InChI is InChI=1S/C20H25NO3/c1-21(2)20(18-13-22-15-23-14-18)17-9-6-10-19(11-17)24-12-16-7-4-3-5-8-16/h3-11,18,20H,12-15H2,1-2H3. The zero-order chi connectivity index (χ0) is 16.8. The van der Waals surface area contributed by atoms with E-state index in [2.05, 4.69) is 49.3 Å². The Balaban J connectivity index is 1.72. The van der Waals surface area contributed by atoms with Crippen molar-refractivity contribution in [2.75, 3.05) is 34.1 Å². The van der Waals surface area contributed by atoms with Gasteiger partial charge in [-0.25, -0.2) is 0 Å². The second-order valence-electron chi connectivity index (χ2n) is 6.37. The number of ether oxygens (including phenoxy) is 3. The van der Waals surface area contributed by atoms with E-state index in [1.807, 2.05) is 24.3 Å². The van der Waals surface area contributed by atoms with Gasteiger partial charge in [-0.3, -0.25) is 0 Å². The molecule has 2 aromatic carbocycles. The maximum Gasteiger partial charge on any atom is 0.146 e. The Morgan fingerprint density at radius 3 is 2.50 bits per heavy atom. The van der Waals surface area contributed by atoms with Crippen LogP contribution in [0.1, 0.15) is 17.2 Å². The monoisotopic (exact) mass is 327 g/mol. The molecule has 1 unspecified atom stereocenters. The van der Waals surface area contributed by atoms with Crippen molar-refractivity contribution in [1.82, 2.24) is 4.90 Å². The maximum absolute atomic E-state index is 5.97. The molecule has 4 heteroatoms. The summed E-state index contributed by atoms with van der Waals surface area (Å²) >= 11 is 0. The van der Waals surface area contributed by atoms with E-state index in [9.17, 15) is 0 Å². The average Bonchev–Trinajstić information content (AvgIpc) is 2.62.